The number of rotatable bonds is 9. The van der Waals surface area contributed by atoms with Gasteiger partial charge in [-0.3, -0.25) is 4.90 Å². The third-order valence-corrected chi connectivity index (χ3v) is 6.58. The maximum Gasteiger partial charge on any atom is 0.229 e. The normalized spacial score (nSPS) is 13.5. The minimum Gasteiger partial charge on any atom is -0.487 e. The quantitative estimate of drug-likeness (QED) is 0.250. The Bertz CT molecular complexity index is 1470. The Hall–Kier alpha value is -4.23. The highest BCUT2D eigenvalue weighted by atomic mass is 35.5. The van der Waals surface area contributed by atoms with Crippen molar-refractivity contribution in [3.8, 4) is 11.8 Å². The van der Waals surface area contributed by atoms with Crippen LogP contribution in [0, 0.1) is 17.1 Å². The van der Waals surface area contributed by atoms with Crippen molar-refractivity contribution in [1.29, 1.82) is 5.26 Å². The van der Waals surface area contributed by atoms with Crippen molar-refractivity contribution < 1.29 is 9.13 Å². The Morgan fingerprint density at radius 3 is 2.59 bits per heavy atom. The van der Waals surface area contributed by atoms with E-state index in [4.69, 9.17) is 16.3 Å². The number of aromatic nitrogens is 2. The Labute approximate surface area is 231 Å². The number of nitrogens with zero attached hydrogens (tertiary/aromatic N) is 4. The van der Waals surface area contributed by atoms with Gasteiger partial charge in [-0.25, -0.2) is 9.37 Å². The number of halogens is 2. The van der Waals surface area contributed by atoms with Crippen LogP contribution in [0.1, 0.15) is 16.7 Å². The van der Waals surface area contributed by atoms with E-state index in [0.717, 1.165) is 38.4 Å². The lowest BCUT2D eigenvalue weighted by molar-refractivity contribution is 0.233. The second-order valence-electron chi connectivity index (χ2n) is 9.03. The predicted molar refractivity (Wildman–Crippen MR) is 150 cm³/mol. The van der Waals surface area contributed by atoms with Crippen molar-refractivity contribution in [2.24, 2.45) is 0 Å². The zero-order valence-electron chi connectivity index (χ0n) is 21.1. The number of hydrogen-bond donors (Lipinski definition) is 3. The van der Waals surface area contributed by atoms with E-state index in [2.05, 4.69) is 49.0 Å². The first-order valence-electron chi connectivity index (χ1n) is 12.6. The first-order valence-corrected chi connectivity index (χ1v) is 12.9. The second kappa shape index (κ2) is 12.5. The molecule has 0 aliphatic carbocycles. The molecule has 1 aliphatic heterocycles. The van der Waals surface area contributed by atoms with Gasteiger partial charge in [-0.05, 0) is 35.9 Å². The van der Waals surface area contributed by atoms with Crippen molar-refractivity contribution in [3.63, 3.8) is 0 Å². The highest BCUT2D eigenvalue weighted by Gasteiger charge is 2.14. The van der Waals surface area contributed by atoms with Gasteiger partial charge < -0.3 is 20.7 Å². The maximum atomic E-state index is 14.0. The molecule has 0 atom stereocenters. The SMILES string of the molecule is N#Cc1c(Nc2nc(Nc3ccc(CN4CCNCC4)cc3)ncc2Cl)cccc1OCc1ccccc1F. The van der Waals surface area contributed by atoms with Crippen LogP contribution in [-0.4, -0.2) is 41.0 Å². The summed E-state index contributed by atoms with van der Waals surface area (Å²) in [6.07, 6.45) is 1.49. The minimum absolute atomic E-state index is 0.0127. The first kappa shape index (κ1) is 26.4. The molecular formula is C29H27ClFN7O. The molecule has 1 fully saturated rings. The van der Waals surface area contributed by atoms with Gasteiger partial charge in [-0.15, -0.1) is 0 Å². The Balaban J connectivity index is 1.28. The molecule has 8 nitrogen and oxygen atoms in total. The predicted octanol–water partition coefficient (Wildman–Crippen LogP) is 5.61. The van der Waals surface area contributed by atoms with Gasteiger partial charge in [-0.1, -0.05) is 48.0 Å². The average molecular weight is 544 g/mol. The molecule has 198 valence electrons. The Morgan fingerprint density at radius 2 is 1.82 bits per heavy atom. The third-order valence-electron chi connectivity index (χ3n) is 6.30. The average Bonchev–Trinajstić information content (AvgIpc) is 2.96. The van der Waals surface area contributed by atoms with Gasteiger partial charge in [0, 0.05) is 44.0 Å². The summed E-state index contributed by atoms with van der Waals surface area (Å²) in [5.41, 5.74) is 3.17. The van der Waals surface area contributed by atoms with Crippen molar-refractivity contribution in [1.82, 2.24) is 20.2 Å². The lowest BCUT2D eigenvalue weighted by Gasteiger charge is -2.27. The second-order valence-corrected chi connectivity index (χ2v) is 9.44. The molecule has 10 heteroatoms. The molecule has 0 bridgehead atoms. The van der Waals surface area contributed by atoms with E-state index in [1.807, 2.05) is 12.1 Å². The van der Waals surface area contributed by atoms with Crippen LogP contribution in [0.4, 0.5) is 27.5 Å². The third kappa shape index (κ3) is 6.81. The number of piperazine rings is 1. The number of ether oxygens (including phenoxy) is 1. The van der Waals surface area contributed by atoms with Crippen molar-refractivity contribution in [3.05, 3.63) is 100 Å². The fraction of sp³-hybridized carbons (Fsp3) is 0.207. The largest absolute Gasteiger partial charge is 0.487 e. The lowest BCUT2D eigenvalue weighted by atomic mass is 10.1. The van der Waals surface area contributed by atoms with Gasteiger partial charge in [0.05, 0.1) is 11.9 Å². The topological polar surface area (TPSA) is 98.1 Å². The van der Waals surface area contributed by atoms with E-state index in [1.54, 1.807) is 36.4 Å². The molecule has 1 aliphatic rings. The van der Waals surface area contributed by atoms with Gasteiger partial charge in [0.25, 0.3) is 0 Å². The van der Waals surface area contributed by atoms with Gasteiger partial charge in [0.1, 0.15) is 34.8 Å². The molecular weight excluding hydrogens is 517 g/mol. The summed E-state index contributed by atoms with van der Waals surface area (Å²) in [7, 11) is 0. The monoisotopic (exact) mass is 543 g/mol. The van der Waals surface area contributed by atoms with Crippen LogP contribution in [0.15, 0.2) is 72.9 Å². The highest BCUT2D eigenvalue weighted by molar-refractivity contribution is 6.32. The van der Waals surface area contributed by atoms with Crippen LogP contribution in [0.3, 0.4) is 0 Å². The van der Waals surface area contributed by atoms with Crippen molar-refractivity contribution in [2.45, 2.75) is 13.2 Å². The summed E-state index contributed by atoms with van der Waals surface area (Å²) in [6, 6.07) is 21.8. The highest BCUT2D eigenvalue weighted by Crippen LogP contribution is 2.31. The summed E-state index contributed by atoms with van der Waals surface area (Å²) in [5.74, 6) is 0.622. The molecule has 0 spiro atoms. The van der Waals surface area contributed by atoms with E-state index in [9.17, 15) is 9.65 Å². The van der Waals surface area contributed by atoms with Crippen LogP contribution in [0.25, 0.3) is 0 Å². The van der Waals surface area contributed by atoms with E-state index >= 15 is 0 Å². The summed E-state index contributed by atoms with van der Waals surface area (Å²) < 4.78 is 19.8. The lowest BCUT2D eigenvalue weighted by Crippen LogP contribution is -2.42. The number of nitrogens with one attached hydrogen (secondary N) is 3. The van der Waals surface area contributed by atoms with Crippen molar-refractivity contribution >= 4 is 34.7 Å². The molecule has 3 N–H and O–H groups in total. The van der Waals surface area contributed by atoms with E-state index in [1.165, 1.54) is 17.8 Å². The molecule has 5 rings (SSSR count). The smallest absolute Gasteiger partial charge is 0.229 e. The zero-order chi connectivity index (χ0) is 27.0. The molecule has 0 radical (unpaired) electrons. The van der Waals surface area contributed by atoms with Crippen LogP contribution >= 0.6 is 11.6 Å². The molecule has 3 aromatic carbocycles. The van der Waals surface area contributed by atoms with Crippen LogP contribution < -0.4 is 20.7 Å². The van der Waals surface area contributed by atoms with Crippen LogP contribution in [-0.2, 0) is 13.2 Å². The fourth-order valence-electron chi connectivity index (χ4n) is 4.23. The van der Waals surface area contributed by atoms with Crippen molar-refractivity contribution in [2.75, 3.05) is 36.8 Å². The summed E-state index contributed by atoms with van der Waals surface area (Å²) >= 11 is 6.38. The molecule has 1 saturated heterocycles. The van der Waals surface area contributed by atoms with Crippen LogP contribution in [0.2, 0.25) is 5.02 Å². The van der Waals surface area contributed by atoms with Gasteiger partial charge in [0.2, 0.25) is 5.95 Å². The fourth-order valence-corrected chi connectivity index (χ4v) is 4.37. The summed E-state index contributed by atoms with van der Waals surface area (Å²) in [5, 5.41) is 19.8. The van der Waals surface area contributed by atoms with Gasteiger partial charge in [-0.2, -0.15) is 10.2 Å². The maximum absolute atomic E-state index is 14.0. The first-order chi connectivity index (χ1) is 19.1. The number of benzene rings is 3. The number of anilines is 4. The number of nitriles is 1. The van der Waals surface area contributed by atoms with Gasteiger partial charge >= 0.3 is 0 Å². The van der Waals surface area contributed by atoms with Gasteiger partial charge in [0.15, 0.2) is 5.82 Å². The molecule has 0 unspecified atom stereocenters. The Morgan fingerprint density at radius 1 is 1.03 bits per heavy atom. The minimum atomic E-state index is -0.368. The molecule has 39 heavy (non-hydrogen) atoms. The zero-order valence-corrected chi connectivity index (χ0v) is 21.9. The molecule has 0 saturated carbocycles. The van der Waals surface area contributed by atoms with E-state index in [-0.39, 0.29) is 23.0 Å². The molecule has 1 aromatic heterocycles. The summed E-state index contributed by atoms with van der Waals surface area (Å²) in [4.78, 5) is 11.2. The molecule has 4 aromatic rings. The summed E-state index contributed by atoms with van der Waals surface area (Å²) in [6.45, 7) is 5.03. The Kier molecular flexibility index (Phi) is 8.48. The number of hydrogen-bond acceptors (Lipinski definition) is 8. The standard InChI is InChI=1S/C29H27ClFN7O/c30-24-17-34-29(35-22-10-8-20(9-11-22)18-38-14-12-33-13-15-38)37-28(24)36-26-6-3-7-27(23(26)16-32)39-19-21-4-1-2-5-25(21)31/h1-11,17,33H,12-15,18-19H2,(H2,34,35,36,37). The van der Waals surface area contributed by atoms with E-state index < -0.39 is 0 Å². The molecule has 2 heterocycles. The van der Waals surface area contributed by atoms with E-state index in [0.29, 0.717) is 28.8 Å². The molecule has 0 amide bonds. The van der Waals surface area contributed by atoms with Crippen LogP contribution in [0.5, 0.6) is 5.75 Å².